The first kappa shape index (κ1) is 19.0. The molecular formula is C19H18N4O5. The molecule has 9 nitrogen and oxygen atoms in total. The molecule has 0 bridgehead atoms. The number of fused-ring (bicyclic) bond motifs is 1. The second-order valence-electron chi connectivity index (χ2n) is 5.70. The van der Waals surface area contributed by atoms with E-state index in [4.69, 9.17) is 9.47 Å². The van der Waals surface area contributed by atoms with E-state index in [0.717, 1.165) is 4.68 Å². The summed E-state index contributed by atoms with van der Waals surface area (Å²) in [6.45, 7) is 1.65. The van der Waals surface area contributed by atoms with Crippen LogP contribution in [0.1, 0.15) is 17.3 Å². The number of esters is 1. The summed E-state index contributed by atoms with van der Waals surface area (Å²) in [5, 5.41) is 10.4. The molecule has 0 saturated heterocycles. The standard InChI is InChI=1S/C19H18N4O5/c1-2-27-14-9-7-13(8-10-14)18(25)20-11-17(24)28-12-23-19(26)15-5-3-4-6-16(15)21-22-23/h3-10H,2,11-12H2,1H3,(H,20,25). The van der Waals surface area contributed by atoms with Crippen molar-refractivity contribution in [2.24, 2.45) is 0 Å². The van der Waals surface area contributed by atoms with Crippen LogP contribution in [0, 0.1) is 0 Å². The highest BCUT2D eigenvalue weighted by atomic mass is 16.5. The van der Waals surface area contributed by atoms with Gasteiger partial charge >= 0.3 is 5.97 Å². The van der Waals surface area contributed by atoms with Crippen molar-refractivity contribution >= 4 is 22.8 Å². The molecule has 0 unspecified atom stereocenters. The molecule has 144 valence electrons. The Kier molecular flexibility index (Phi) is 5.95. The molecule has 3 aromatic rings. The number of hydrogen-bond donors (Lipinski definition) is 1. The van der Waals surface area contributed by atoms with Crippen LogP contribution >= 0.6 is 0 Å². The summed E-state index contributed by atoms with van der Waals surface area (Å²) in [5.74, 6) is -0.482. The van der Waals surface area contributed by atoms with Crippen LogP contribution in [0.3, 0.4) is 0 Å². The number of nitrogens with zero attached hydrogens (tertiary/aromatic N) is 3. The van der Waals surface area contributed by atoms with Gasteiger partial charge in [0.2, 0.25) is 0 Å². The minimum absolute atomic E-state index is 0.345. The normalized spacial score (nSPS) is 10.5. The lowest BCUT2D eigenvalue weighted by molar-refractivity contribution is -0.146. The molecule has 0 atom stereocenters. The SMILES string of the molecule is CCOc1ccc(C(=O)NCC(=O)OCn2nnc3ccccc3c2=O)cc1. The number of benzene rings is 2. The third-order valence-electron chi connectivity index (χ3n) is 3.80. The van der Waals surface area contributed by atoms with Crippen LogP contribution in [0.5, 0.6) is 5.75 Å². The predicted octanol–water partition coefficient (Wildman–Crippen LogP) is 1.12. The van der Waals surface area contributed by atoms with Crippen LogP contribution < -0.4 is 15.6 Å². The minimum Gasteiger partial charge on any atom is -0.494 e. The van der Waals surface area contributed by atoms with Crippen LogP contribution in [-0.4, -0.2) is 40.0 Å². The first-order valence-electron chi connectivity index (χ1n) is 8.57. The second-order valence-corrected chi connectivity index (χ2v) is 5.70. The van der Waals surface area contributed by atoms with Crippen LogP contribution in [0.2, 0.25) is 0 Å². The van der Waals surface area contributed by atoms with Gasteiger partial charge in [0.05, 0.1) is 12.0 Å². The molecule has 0 fully saturated rings. The molecule has 1 heterocycles. The van der Waals surface area contributed by atoms with Gasteiger partial charge in [-0.1, -0.05) is 17.3 Å². The van der Waals surface area contributed by atoms with E-state index >= 15 is 0 Å². The van der Waals surface area contributed by atoms with E-state index in [-0.39, 0.29) is 6.54 Å². The van der Waals surface area contributed by atoms with E-state index in [2.05, 4.69) is 15.6 Å². The van der Waals surface area contributed by atoms with Crippen molar-refractivity contribution in [2.75, 3.05) is 13.2 Å². The lowest BCUT2D eigenvalue weighted by Gasteiger charge is -2.08. The molecule has 1 amide bonds. The van der Waals surface area contributed by atoms with Crippen molar-refractivity contribution in [3.05, 3.63) is 64.4 Å². The Morgan fingerprint density at radius 2 is 1.86 bits per heavy atom. The van der Waals surface area contributed by atoms with Crippen molar-refractivity contribution < 1.29 is 19.1 Å². The zero-order valence-corrected chi connectivity index (χ0v) is 15.1. The first-order valence-corrected chi connectivity index (χ1v) is 8.57. The van der Waals surface area contributed by atoms with Crippen LogP contribution in [0.25, 0.3) is 10.9 Å². The Labute approximate surface area is 159 Å². The summed E-state index contributed by atoms with van der Waals surface area (Å²) in [6.07, 6.45) is 0. The highest BCUT2D eigenvalue weighted by molar-refractivity contribution is 5.96. The summed E-state index contributed by atoms with van der Waals surface area (Å²) in [7, 11) is 0. The Morgan fingerprint density at radius 3 is 2.61 bits per heavy atom. The average molecular weight is 382 g/mol. The summed E-state index contributed by atoms with van der Waals surface area (Å²) < 4.78 is 11.2. The summed E-state index contributed by atoms with van der Waals surface area (Å²) in [5.41, 5.74) is 0.419. The smallest absolute Gasteiger partial charge is 0.327 e. The number of carbonyl (C=O) groups is 2. The van der Waals surface area contributed by atoms with Gasteiger partial charge in [-0.15, -0.1) is 5.10 Å². The first-order chi connectivity index (χ1) is 13.6. The molecule has 1 aromatic heterocycles. The van der Waals surface area contributed by atoms with E-state index in [1.54, 1.807) is 48.5 Å². The van der Waals surface area contributed by atoms with E-state index in [1.165, 1.54) is 0 Å². The van der Waals surface area contributed by atoms with Crippen molar-refractivity contribution in [1.29, 1.82) is 0 Å². The molecule has 0 aliphatic carbocycles. The Morgan fingerprint density at radius 1 is 1.11 bits per heavy atom. The molecular weight excluding hydrogens is 364 g/mol. The fourth-order valence-corrected chi connectivity index (χ4v) is 2.42. The zero-order valence-electron chi connectivity index (χ0n) is 15.1. The van der Waals surface area contributed by atoms with Crippen LogP contribution in [0.15, 0.2) is 53.3 Å². The third-order valence-corrected chi connectivity index (χ3v) is 3.80. The molecule has 28 heavy (non-hydrogen) atoms. The quantitative estimate of drug-likeness (QED) is 0.609. The number of amides is 1. The number of ether oxygens (including phenoxy) is 2. The van der Waals surface area contributed by atoms with E-state index in [1.807, 2.05) is 6.92 Å². The molecule has 1 N–H and O–H groups in total. The van der Waals surface area contributed by atoms with Gasteiger partial charge < -0.3 is 14.8 Å². The predicted molar refractivity (Wildman–Crippen MR) is 99.8 cm³/mol. The van der Waals surface area contributed by atoms with Gasteiger partial charge in [-0.25, -0.2) is 0 Å². The van der Waals surface area contributed by atoms with E-state index in [9.17, 15) is 14.4 Å². The third kappa shape index (κ3) is 4.50. The van der Waals surface area contributed by atoms with Gasteiger partial charge in [0.1, 0.15) is 17.8 Å². The van der Waals surface area contributed by atoms with Crippen LogP contribution in [0.4, 0.5) is 0 Å². The van der Waals surface area contributed by atoms with Crippen molar-refractivity contribution in [2.45, 2.75) is 13.7 Å². The summed E-state index contributed by atoms with van der Waals surface area (Å²) in [4.78, 5) is 36.2. The van der Waals surface area contributed by atoms with Gasteiger partial charge in [-0.3, -0.25) is 14.4 Å². The molecule has 0 saturated carbocycles. The largest absolute Gasteiger partial charge is 0.494 e. The Balaban J connectivity index is 1.52. The maximum absolute atomic E-state index is 12.3. The highest BCUT2D eigenvalue weighted by Gasteiger charge is 2.11. The minimum atomic E-state index is -0.707. The van der Waals surface area contributed by atoms with Gasteiger partial charge in [-0.2, -0.15) is 4.68 Å². The lowest BCUT2D eigenvalue weighted by Crippen LogP contribution is -2.32. The summed E-state index contributed by atoms with van der Waals surface area (Å²) in [6, 6.07) is 13.2. The molecule has 0 radical (unpaired) electrons. The molecule has 9 heteroatoms. The fourth-order valence-electron chi connectivity index (χ4n) is 2.42. The number of aromatic nitrogens is 3. The second kappa shape index (κ2) is 8.76. The topological polar surface area (TPSA) is 112 Å². The molecule has 3 rings (SSSR count). The van der Waals surface area contributed by atoms with Crippen LogP contribution in [-0.2, 0) is 16.3 Å². The summed E-state index contributed by atoms with van der Waals surface area (Å²) >= 11 is 0. The molecule has 0 aliphatic heterocycles. The van der Waals surface area contributed by atoms with E-state index < -0.39 is 24.2 Å². The van der Waals surface area contributed by atoms with Gasteiger partial charge in [-0.05, 0) is 43.3 Å². The Bertz CT molecular complexity index is 1050. The Hall–Kier alpha value is -3.75. The maximum atomic E-state index is 12.3. The maximum Gasteiger partial charge on any atom is 0.327 e. The molecule has 2 aromatic carbocycles. The fraction of sp³-hybridized carbons (Fsp3) is 0.211. The number of hydrogen-bond acceptors (Lipinski definition) is 7. The number of nitrogens with one attached hydrogen (secondary N) is 1. The van der Waals surface area contributed by atoms with Gasteiger partial charge in [0.25, 0.3) is 11.5 Å². The lowest BCUT2D eigenvalue weighted by atomic mass is 10.2. The number of carbonyl (C=O) groups excluding carboxylic acids is 2. The van der Waals surface area contributed by atoms with Crippen molar-refractivity contribution in [1.82, 2.24) is 20.3 Å². The molecule has 0 spiro atoms. The van der Waals surface area contributed by atoms with Gasteiger partial charge in [0.15, 0.2) is 6.73 Å². The highest BCUT2D eigenvalue weighted by Crippen LogP contribution is 2.11. The van der Waals surface area contributed by atoms with Gasteiger partial charge in [0, 0.05) is 5.56 Å². The molecule has 0 aliphatic rings. The number of rotatable bonds is 7. The monoisotopic (exact) mass is 382 g/mol. The average Bonchev–Trinajstić information content (AvgIpc) is 2.72. The van der Waals surface area contributed by atoms with E-state index in [0.29, 0.717) is 28.8 Å². The van der Waals surface area contributed by atoms with Crippen molar-refractivity contribution in [3.63, 3.8) is 0 Å². The zero-order chi connectivity index (χ0) is 19.9. The van der Waals surface area contributed by atoms with Crippen molar-refractivity contribution in [3.8, 4) is 5.75 Å².